The minimum absolute atomic E-state index is 0.0977. The number of hydrogen-bond donors (Lipinski definition) is 2. The van der Waals surface area contributed by atoms with Gasteiger partial charge >= 0.3 is 0 Å². The van der Waals surface area contributed by atoms with Crippen molar-refractivity contribution in [3.05, 3.63) is 12.5 Å². The molecule has 0 aliphatic carbocycles. The number of hydrogen-bond acceptors (Lipinski definition) is 4. The van der Waals surface area contributed by atoms with E-state index >= 15 is 0 Å². The lowest BCUT2D eigenvalue weighted by atomic mass is 10.1. The minimum atomic E-state index is -0.768. The van der Waals surface area contributed by atoms with E-state index in [9.17, 15) is 0 Å². The van der Waals surface area contributed by atoms with Gasteiger partial charge < -0.3 is 20.4 Å². The Hall–Kier alpha value is -1.39. The van der Waals surface area contributed by atoms with E-state index in [1.807, 2.05) is 6.92 Å². The molecule has 1 aliphatic rings. The number of nitrogens with zero attached hydrogens (tertiary/aromatic N) is 1. The number of ether oxygens (including phenoxy) is 2. The summed E-state index contributed by atoms with van der Waals surface area (Å²) in [7, 11) is 0. The molecular weight excluding hydrogens is 160 g/mol. The van der Waals surface area contributed by atoms with Gasteiger partial charge in [0.15, 0.2) is 0 Å². The SMILES string of the molecule is CCC1(C/C(N)=N/O)OC=CO1. The van der Waals surface area contributed by atoms with Gasteiger partial charge in [-0.1, -0.05) is 12.1 Å². The van der Waals surface area contributed by atoms with Gasteiger partial charge in [-0.05, 0) is 0 Å². The van der Waals surface area contributed by atoms with Crippen molar-refractivity contribution in [2.45, 2.75) is 25.6 Å². The summed E-state index contributed by atoms with van der Waals surface area (Å²) < 4.78 is 10.4. The molecule has 5 heteroatoms. The quantitative estimate of drug-likeness (QED) is 0.285. The van der Waals surface area contributed by atoms with Crippen molar-refractivity contribution in [3.8, 4) is 0 Å². The molecule has 0 radical (unpaired) electrons. The highest BCUT2D eigenvalue weighted by atomic mass is 16.7. The number of oxime groups is 1. The van der Waals surface area contributed by atoms with Crippen molar-refractivity contribution in [1.82, 2.24) is 0 Å². The van der Waals surface area contributed by atoms with E-state index in [4.69, 9.17) is 20.4 Å². The van der Waals surface area contributed by atoms with Gasteiger partial charge in [-0.2, -0.15) is 0 Å². The molecule has 5 nitrogen and oxygen atoms in total. The Kier molecular flexibility index (Phi) is 2.42. The summed E-state index contributed by atoms with van der Waals surface area (Å²) in [5, 5.41) is 11.2. The summed E-state index contributed by atoms with van der Waals surface area (Å²) in [6, 6.07) is 0. The number of amidine groups is 1. The summed E-state index contributed by atoms with van der Waals surface area (Å²) in [5.74, 6) is -0.670. The van der Waals surface area contributed by atoms with Crippen LogP contribution in [-0.2, 0) is 9.47 Å². The van der Waals surface area contributed by atoms with E-state index in [2.05, 4.69) is 5.16 Å². The third kappa shape index (κ3) is 1.61. The summed E-state index contributed by atoms with van der Waals surface area (Å²) >= 11 is 0. The van der Waals surface area contributed by atoms with Gasteiger partial charge in [-0.3, -0.25) is 0 Å². The van der Waals surface area contributed by atoms with Crippen LogP contribution in [0.25, 0.3) is 0 Å². The van der Waals surface area contributed by atoms with Crippen LogP contribution in [0, 0.1) is 0 Å². The maximum absolute atomic E-state index is 8.34. The van der Waals surface area contributed by atoms with Gasteiger partial charge in [0.05, 0.1) is 6.42 Å². The van der Waals surface area contributed by atoms with Gasteiger partial charge in [0, 0.05) is 6.42 Å². The van der Waals surface area contributed by atoms with Crippen LogP contribution in [0.2, 0.25) is 0 Å². The standard InChI is InChI=1S/C7H12N2O3/c1-2-7(5-6(8)9-10)11-3-4-12-7/h3-4,10H,2,5H2,1H3,(H2,8,9). The normalized spacial score (nSPS) is 20.2. The molecule has 1 heterocycles. The third-order valence-electron chi connectivity index (χ3n) is 1.74. The van der Waals surface area contributed by atoms with Gasteiger partial charge in [0.2, 0.25) is 0 Å². The molecule has 68 valence electrons. The average Bonchev–Trinajstić information content (AvgIpc) is 2.54. The molecule has 0 atom stereocenters. The molecule has 0 spiro atoms. The zero-order chi connectivity index (χ0) is 9.03. The van der Waals surface area contributed by atoms with Crippen LogP contribution < -0.4 is 5.73 Å². The fourth-order valence-corrected chi connectivity index (χ4v) is 1.02. The van der Waals surface area contributed by atoms with Gasteiger partial charge in [-0.25, -0.2) is 0 Å². The molecule has 1 rings (SSSR count). The lowest BCUT2D eigenvalue weighted by molar-refractivity contribution is -0.137. The lowest BCUT2D eigenvalue weighted by Crippen LogP contribution is -2.34. The van der Waals surface area contributed by atoms with Crippen molar-refractivity contribution in [3.63, 3.8) is 0 Å². The van der Waals surface area contributed by atoms with E-state index < -0.39 is 5.79 Å². The highest BCUT2D eigenvalue weighted by Gasteiger charge is 2.34. The van der Waals surface area contributed by atoms with E-state index in [-0.39, 0.29) is 12.3 Å². The topological polar surface area (TPSA) is 77.1 Å². The molecule has 0 aromatic heterocycles. The molecule has 0 aromatic carbocycles. The van der Waals surface area contributed by atoms with Crippen LogP contribution >= 0.6 is 0 Å². The zero-order valence-electron chi connectivity index (χ0n) is 6.86. The van der Waals surface area contributed by atoms with Gasteiger partial charge in [-0.15, -0.1) is 0 Å². The van der Waals surface area contributed by atoms with E-state index in [0.29, 0.717) is 6.42 Å². The fourth-order valence-electron chi connectivity index (χ4n) is 1.02. The molecule has 0 aromatic rings. The van der Waals surface area contributed by atoms with Crippen molar-refractivity contribution in [1.29, 1.82) is 0 Å². The summed E-state index contributed by atoms with van der Waals surface area (Å²) in [6.07, 6.45) is 3.80. The maximum Gasteiger partial charge on any atom is 0.256 e. The monoisotopic (exact) mass is 172 g/mol. The van der Waals surface area contributed by atoms with Crippen molar-refractivity contribution in [2.24, 2.45) is 10.9 Å². The predicted octanol–water partition coefficient (Wildman–Crippen LogP) is 0.747. The van der Waals surface area contributed by atoms with Crippen molar-refractivity contribution in [2.75, 3.05) is 0 Å². The van der Waals surface area contributed by atoms with Crippen LogP contribution in [0.4, 0.5) is 0 Å². The molecule has 12 heavy (non-hydrogen) atoms. The smallest absolute Gasteiger partial charge is 0.256 e. The van der Waals surface area contributed by atoms with Crippen LogP contribution in [0.3, 0.4) is 0 Å². The molecule has 0 saturated carbocycles. The highest BCUT2D eigenvalue weighted by molar-refractivity contribution is 5.80. The first kappa shape index (κ1) is 8.70. The second-order valence-corrected chi connectivity index (χ2v) is 2.54. The molecule has 0 saturated heterocycles. The van der Waals surface area contributed by atoms with Crippen molar-refractivity contribution < 1.29 is 14.7 Å². The Balaban J connectivity index is 2.57. The van der Waals surface area contributed by atoms with Crippen LogP contribution in [0.15, 0.2) is 17.7 Å². The number of nitrogens with two attached hydrogens (primary N) is 1. The maximum atomic E-state index is 8.34. The molecule has 1 aliphatic heterocycles. The van der Waals surface area contributed by atoms with Crippen LogP contribution in [-0.4, -0.2) is 16.8 Å². The summed E-state index contributed by atoms with van der Waals surface area (Å²) in [6.45, 7) is 1.90. The number of rotatable bonds is 3. The van der Waals surface area contributed by atoms with E-state index in [1.165, 1.54) is 12.5 Å². The minimum Gasteiger partial charge on any atom is -0.456 e. The Labute approximate surface area is 70.4 Å². The fraction of sp³-hybridized carbons (Fsp3) is 0.571. The van der Waals surface area contributed by atoms with E-state index in [0.717, 1.165) is 0 Å². The Morgan fingerprint density at radius 3 is 2.58 bits per heavy atom. The Morgan fingerprint density at radius 1 is 1.58 bits per heavy atom. The Morgan fingerprint density at radius 2 is 2.17 bits per heavy atom. The molecule has 0 bridgehead atoms. The first-order valence-electron chi connectivity index (χ1n) is 3.69. The Bertz CT molecular complexity index is 205. The third-order valence-corrected chi connectivity index (χ3v) is 1.74. The summed E-state index contributed by atoms with van der Waals surface area (Å²) in [5.41, 5.74) is 5.33. The van der Waals surface area contributed by atoms with Crippen LogP contribution in [0.5, 0.6) is 0 Å². The highest BCUT2D eigenvalue weighted by Crippen LogP contribution is 2.27. The molecule has 0 fully saturated rings. The lowest BCUT2D eigenvalue weighted by Gasteiger charge is -2.25. The largest absolute Gasteiger partial charge is 0.456 e. The molecule has 0 unspecified atom stereocenters. The molecular formula is C7H12N2O3. The van der Waals surface area contributed by atoms with Crippen LogP contribution in [0.1, 0.15) is 19.8 Å². The first-order chi connectivity index (χ1) is 5.72. The van der Waals surface area contributed by atoms with Crippen molar-refractivity contribution >= 4 is 5.84 Å². The molecule has 3 N–H and O–H groups in total. The zero-order valence-corrected chi connectivity index (χ0v) is 6.86. The van der Waals surface area contributed by atoms with Gasteiger partial charge in [0.25, 0.3) is 5.79 Å². The predicted molar refractivity (Wildman–Crippen MR) is 42.4 cm³/mol. The second kappa shape index (κ2) is 3.34. The van der Waals surface area contributed by atoms with E-state index in [1.54, 1.807) is 0 Å². The second-order valence-electron chi connectivity index (χ2n) is 2.54. The summed E-state index contributed by atoms with van der Waals surface area (Å²) in [4.78, 5) is 0. The molecule has 0 amide bonds. The first-order valence-corrected chi connectivity index (χ1v) is 3.69. The average molecular weight is 172 g/mol. The van der Waals surface area contributed by atoms with Gasteiger partial charge in [0.1, 0.15) is 18.4 Å².